The SMILES string of the molecule is CCOc1ccc(S(=O)(=O)N(CC(=O)N(Cc2ccccc2F)[C@H](Cc2ccccc2)C(=O)NC(C)C)c2ccc(C)cc2)cc1. The number of amides is 2. The Labute approximate surface area is 270 Å². The van der Waals surface area contributed by atoms with Crippen LogP contribution >= 0.6 is 0 Å². The van der Waals surface area contributed by atoms with Gasteiger partial charge in [0.15, 0.2) is 0 Å². The van der Waals surface area contributed by atoms with Gasteiger partial charge in [-0.25, -0.2) is 12.8 Å². The molecule has 8 nitrogen and oxygen atoms in total. The van der Waals surface area contributed by atoms with Gasteiger partial charge in [0.25, 0.3) is 10.0 Å². The molecule has 4 aromatic carbocycles. The largest absolute Gasteiger partial charge is 0.494 e. The van der Waals surface area contributed by atoms with E-state index in [9.17, 15) is 18.0 Å². The summed E-state index contributed by atoms with van der Waals surface area (Å²) in [6, 6.07) is 26.7. The molecular formula is C36H40FN3O5S. The molecule has 0 fully saturated rings. The van der Waals surface area contributed by atoms with Crippen molar-refractivity contribution in [3.05, 3.63) is 126 Å². The van der Waals surface area contributed by atoms with Gasteiger partial charge in [-0.2, -0.15) is 0 Å². The van der Waals surface area contributed by atoms with E-state index in [-0.39, 0.29) is 35.2 Å². The first-order chi connectivity index (χ1) is 22.0. The highest BCUT2D eigenvalue weighted by Gasteiger charge is 2.35. The van der Waals surface area contributed by atoms with E-state index >= 15 is 4.39 Å². The number of halogens is 1. The number of ether oxygens (including phenoxy) is 1. The molecule has 0 radical (unpaired) electrons. The van der Waals surface area contributed by atoms with Crippen LogP contribution in [0.15, 0.2) is 108 Å². The Morgan fingerprint density at radius 2 is 1.50 bits per heavy atom. The van der Waals surface area contributed by atoms with Gasteiger partial charge in [0.1, 0.15) is 24.2 Å². The predicted octanol–water partition coefficient (Wildman–Crippen LogP) is 5.89. The molecule has 0 aromatic heterocycles. The van der Waals surface area contributed by atoms with Crippen molar-refractivity contribution in [2.75, 3.05) is 17.5 Å². The number of rotatable bonds is 14. The maximum Gasteiger partial charge on any atom is 0.264 e. The van der Waals surface area contributed by atoms with Gasteiger partial charge in [-0.1, -0.05) is 66.2 Å². The molecule has 4 rings (SSSR count). The van der Waals surface area contributed by atoms with Crippen LogP contribution in [0.3, 0.4) is 0 Å². The topological polar surface area (TPSA) is 96.0 Å². The van der Waals surface area contributed by atoms with Crippen molar-refractivity contribution >= 4 is 27.5 Å². The van der Waals surface area contributed by atoms with E-state index < -0.39 is 40.2 Å². The summed E-state index contributed by atoms with van der Waals surface area (Å²) in [5.41, 5.74) is 2.16. The van der Waals surface area contributed by atoms with Crippen LogP contribution < -0.4 is 14.4 Å². The fraction of sp³-hybridized carbons (Fsp3) is 0.278. The molecule has 0 saturated carbocycles. The Kier molecular flexibility index (Phi) is 11.5. The number of carbonyl (C=O) groups excluding carboxylic acids is 2. The first-order valence-electron chi connectivity index (χ1n) is 15.2. The molecule has 0 aliphatic heterocycles. The van der Waals surface area contributed by atoms with Crippen LogP contribution in [0.25, 0.3) is 0 Å². The average molecular weight is 646 g/mol. The van der Waals surface area contributed by atoms with Gasteiger partial charge in [0, 0.05) is 24.6 Å². The van der Waals surface area contributed by atoms with E-state index in [1.165, 1.54) is 23.1 Å². The second-order valence-corrected chi connectivity index (χ2v) is 13.1. The van der Waals surface area contributed by atoms with Crippen molar-refractivity contribution in [3.8, 4) is 5.75 Å². The van der Waals surface area contributed by atoms with Gasteiger partial charge in [-0.3, -0.25) is 13.9 Å². The van der Waals surface area contributed by atoms with Crippen LogP contribution in [0.1, 0.15) is 37.5 Å². The minimum absolute atomic E-state index is 0.0385. The molecule has 0 heterocycles. The molecule has 1 atom stereocenters. The number of anilines is 1. The number of sulfonamides is 1. The minimum Gasteiger partial charge on any atom is -0.494 e. The molecule has 0 spiro atoms. The lowest BCUT2D eigenvalue weighted by molar-refractivity contribution is -0.140. The van der Waals surface area contributed by atoms with Gasteiger partial charge in [-0.15, -0.1) is 0 Å². The van der Waals surface area contributed by atoms with Crippen molar-refractivity contribution in [3.63, 3.8) is 0 Å². The molecule has 4 aromatic rings. The highest BCUT2D eigenvalue weighted by Crippen LogP contribution is 2.27. The van der Waals surface area contributed by atoms with Crippen molar-refractivity contribution in [2.24, 2.45) is 0 Å². The van der Waals surface area contributed by atoms with Crippen LogP contribution in [0, 0.1) is 12.7 Å². The second-order valence-electron chi connectivity index (χ2n) is 11.2. The van der Waals surface area contributed by atoms with Crippen molar-refractivity contribution in [1.82, 2.24) is 10.2 Å². The lowest BCUT2D eigenvalue weighted by Crippen LogP contribution is -2.54. The van der Waals surface area contributed by atoms with Crippen LogP contribution in [0.5, 0.6) is 5.75 Å². The third-order valence-electron chi connectivity index (χ3n) is 7.32. The number of hydrogen-bond acceptors (Lipinski definition) is 5. The quantitative estimate of drug-likeness (QED) is 0.185. The summed E-state index contributed by atoms with van der Waals surface area (Å²) >= 11 is 0. The Morgan fingerprint density at radius 1 is 0.870 bits per heavy atom. The van der Waals surface area contributed by atoms with Crippen LogP contribution in [0.4, 0.5) is 10.1 Å². The molecule has 0 saturated heterocycles. The number of aryl methyl sites for hydroxylation is 1. The zero-order chi connectivity index (χ0) is 33.3. The first kappa shape index (κ1) is 34.2. The van der Waals surface area contributed by atoms with Gasteiger partial charge in [-0.05, 0) is 75.7 Å². The van der Waals surface area contributed by atoms with Crippen LogP contribution in [-0.2, 0) is 32.6 Å². The second kappa shape index (κ2) is 15.5. The molecule has 2 amide bonds. The van der Waals surface area contributed by atoms with Gasteiger partial charge in [0.2, 0.25) is 11.8 Å². The molecule has 46 heavy (non-hydrogen) atoms. The average Bonchev–Trinajstić information content (AvgIpc) is 3.03. The zero-order valence-corrected chi connectivity index (χ0v) is 27.3. The van der Waals surface area contributed by atoms with E-state index in [1.807, 2.05) is 58.0 Å². The lowest BCUT2D eigenvalue weighted by Gasteiger charge is -2.34. The first-order valence-corrected chi connectivity index (χ1v) is 16.6. The standard InChI is InChI=1S/C36H40FN3O5S/c1-5-45-31-19-21-32(22-20-31)46(43,44)40(30-17-15-27(4)16-18-30)25-35(41)39(24-29-13-9-10-14-33(29)37)34(36(42)38-26(2)3)23-28-11-7-6-8-12-28/h6-22,26,34H,5,23-25H2,1-4H3,(H,38,42)/t34-/m1/s1. The van der Waals surface area contributed by atoms with Crippen LogP contribution in [0.2, 0.25) is 0 Å². The lowest BCUT2D eigenvalue weighted by atomic mass is 10.0. The van der Waals surface area contributed by atoms with Gasteiger partial charge in [0.05, 0.1) is 17.2 Å². The Morgan fingerprint density at radius 3 is 2.11 bits per heavy atom. The molecule has 242 valence electrons. The molecular weight excluding hydrogens is 605 g/mol. The smallest absolute Gasteiger partial charge is 0.264 e. The number of nitrogens with zero attached hydrogens (tertiary/aromatic N) is 2. The number of hydrogen-bond donors (Lipinski definition) is 1. The fourth-order valence-corrected chi connectivity index (χ4v) is 6.40. The van der Waals surface area contributed by atoms with E-state index in [0.717, 1.165) is 15.4 Å². The van der Waals surface area contributed by atoms with Crippen LogP contribution in [-0.4, -0.2) is 50.4 Å². The number of carbonyl (C=O) groups is 2. The summed E-state index contributed by atoms with van der Waals surface area (Å²) in [7, 11) is -4.28. The van der Waals surface area contributed by atoms with E-state index in [0.29, 0.717) is 12.4 Å². The summed E-state index contributed by atoms with van der Waals surface area (Å²) in [6.07, 6.45) is 0.135. The third kappa shape index (κ3) is 8.72. The summed E-state index contributed by atoms with van der Waals surface area (Å²) in [6.45, 7) is 6.86. The summed E-state index contributed by atoms with van der Waals surface area (Å²) < 4.78 is 49.9. The highest BCUT2D eigenvalue weighted by molar-refractivity contribution is 7.92. The molecule has 10 heteroatoms. The van der Waals surface area contributed by atoms with Gasteiger partial charge < -0.3 is 15.0 Å². The van der Waals surface area contributed by atoms with Crippen molar-refractivity contribution in [1.29, 1.82) is 0 Å². The maximum absolute atomic E-state index is 15.0. The maximum atomic E-state index is 15.0. The molecule has 1 N–H and O–H groups in total. The minimum atomic E-state index is -4.28. The Balaban J connectivity index is 1.80. The van der Waals surface area contributed by atoms with E-state index in [4.69, 9.17) is 4.74 Å². The normalized spacial score (nSPS) is 12.0. The number of nitrogens with one attached hydrogen (secondary N) is 1. The van der Waals surface area contributed by atoms with Crippen molar-refractivity contribution < 1.29 is 27.1 Å². The predicted molar refractivity (Wildman–Crippen MR) is 177 cm³/mol. The zero-order valence-electron chi connectivity index (χ0n) is 26.5. The molecule has 0 aliphatic carbocycles. The molecule has 0 bridgehead atoms. The fourth-order valence-electron chi connectivity index (χ4n) is 4.99. The summed E-state index contributed by atoms with van der Waals surface area (Å²) in [4.78, 5) is 29.4. The third-order valence-corrected chi connectivity index (χ3v) is 9.11. The Bertz CT molecular complexity index is 1710. The van der Waals surface area contributed by atoms with Crippen molar-refractivity contribution in [2.45, 2.75) is 57.6 Å². The monoisotopic (exact) mass is 645 g/mol. The van der Waals surface area contributed by atoms with E-state index in [2.05, 4.69) is 5.32 Å². The molecule has 0 unspecified atom stereocenters. The van der Waals surface area contributed by atoms with Gasteiger partial charge >= 0.3 is 0 Å². The summed E-state index contributed by atoms with van der Waals surface area (Å²) in [5.74, 6) is -1.13. The molecule has 0 aliphatic rings. The number of benzene rings is 4. The summed E-state index contributed by atoms with van der Waals surface area (Å²) in [5, 5.41) is 2.89. The Hall–Kier alpha value is -4.70. The highest BCUT2D eigenvalue weighted by atomic mass is 32.2. The van der Waals surface area contributed by atoms with E-state index in [1.54, 1.807) is 54.6 Å².